The second-order valence-corrected chi connectivity index (χ2v) is 6.29. The molecule has 1 aliphatic heterocycles. The molecule has 0 radical (unpaired) electrons. The maximum Gasteiger partial charge on any atom is 0.191 e. The second-order valence-electron chi connectivity index (χ2n) is 5.19. The molecule has 3 unspecified atom stereocenters. The van der Waals surface area contributed by atoms with E-state index in [1.807, 2.05) is 11.8 Å². The van der Waals surface area contributed by atoms with E-state index >= 15 is 0 Å². The van der Waals surface area contributed by atoms with Crippen LogP contribution in [0.15, 0.2) is 4.99 Å². The highest BCUT2D eigenvalue weighted by Gasteiger charge is 2.34. The first-order valence-electron chi connectivity index (χ1n) is 6.48. The van der Waals surface area contributed by atoms with Gasteiger partial charge in [0, 0.05) is 18.3 Å². The van der Waals surface area contributed by atoms with Gasteiger partial charge in [-0.2, -0.15) is 11.8 Å². The fourth-order valence-corrected chi connectivity index (χ4v) is 3.25. The molecule has 1 saturated heterocycles. The molecule has 0 aromatic heterocycles. The fourth-order valence-electron chi connectivity index (χ4n) is 1.97. The Bertz CT molecular complexity index is 289. The van der Waals surface area contributed by atoms with Crippen molar-refractivity contribution < 1.29 is 5.11 Å². The van der Waals surface area contributed by atoms with Gasteiger partial charge in [0.2, 0.25) is 0 Å². The molecule has 5 heteroatoms. The van der Waals surface area contributed by atoms with Crippen LogP contribution in [0, 0.1) is 5.92 Å². The molecule has 3 atom stereocenters. The van der Waals surface area contributed by atoms with E-state index in [4.69, 9.17) is 0 Å². The molecule has 1 aliphatic carbocycles. The van der Waals surface area contributed by atoms with Gasteiger partial charge in [0.1, 0.15) is 0 Å². The standard InChI is InChI=1S/C12H23N3OS/c1-3-13-11(15-10-6-9(10)2)14-7-12(16)4-5-17-8-12/h9-10,16H,3-8H2,1-2H3,(H2,13,14,15). The predicted octanol–water partition coefficient (Wildman–Crippen LogP) is 0.818. The van der Waals surface area contributed by atoms with Crippen LogP contribution in [0.3, 0.4) is 0 Å². The zero-order chi connectivity index (χ0) is 12.3. The van der Waals surface area contributed by atoms with Gasteiger partial charge in [0.15, 0.2) is 5.96 Å². The lowest BCUT2D eigenvalue weighted by atomic mass is 10.1. The minimum atomic E-state index is -0.581. The average molecular weight is 257 g/mol. The lowest BCUT2D eigenvalue weighted by Gasteiger charge is -2.19. The molecule has 17 heavy (non-hydrogen) atoms. The molecule has 98 valence electrons. The van der Waals surface area contributed by atoms with E-state index in [9.17, 15) is 5.11 Å². The molecule has 0 amide bonds. The maximum absolute atomic E-state index is 10.2. The van der Waals surface area contributed by atoms with Gasteiger partial charge in [-0.05, 0) is 31.4 Å². The van der Waals surface area contributed by atoms with Crippen molar-refractivity contribution in [3.05, 3.63) is 0 Å². The van der Waals surface area contributed by atoms with Crippen LogP contribution < -0.4 is 10.6 Å². The van der Waals surface area contributed by atoms with E-state index in [-0.39, 0.29) is 0 Å². The van der Waals surface area contributed by atoms with Gasteiger partial charge in [-0.1, -0.05) is 6.92 Å². The highest BCUT2D eigenvalue weighted by atomic mass is 32.2. The maximum atomic E-state index is 10.2. The first-order valence-corrected chi connectivity index (χ1v) is 7.63. The van der Waals surface area contributed by atoms with Crippen molar-refractivity contribution in [3.63, 3.8) is 0 Å². The average Bonchev–Trinajstić information content (AvgIpc) is 2.80. The first-order chi connectivity index (χ1) is 8.13. The highest BCUT2D eigenvalue weighted by Crippen LogP contribution is 2.29. The summed E-state index contributed by atoms with van der Waals surface area (Å²) in [6, 6.07) is 0.570. The summed E-state index contributed by atoms with van der Waals surface area (Å²) < 4.78 is 0. The summed E-state index contributed by atoms with van der Waals surface area (Å²) in [5, 5.41) is 16.9. The van der Waals surface area contributed by atoms with Crippen molar-refractivity contribution >= 4 is 17.7 Å². The summed E-state index contributed by atoms with van der Waals surface area (Å²) in [7, 11) is 0. The van der Waals surface area contributed by atoms with Crippen molar-refractivity contribution in [1.82, 2.24) is 10.6 Å². The Morgan fingerprint density at radius 2 is 2.35 bits per heavy atom. The number of thioether (sulfide) groups is 1. The fraction of sp³-hybridized carbons (Fsp3) is 0.917. The van der Waals surface area contributed by atoms with Gasteiger partial charge < -0.3 is 15.7 Å². The third-order valence-electron chi connectivity index (χ3n) is 3.39. The molecule has 0 aromatic carbocycles. The monoisotopic (exact) mass is 257 g/mol. The number of guanidine groups is 1. The quantitative estimate of drug-likeness (QED) is 0.515. The Balaban J connectivity index is 1.85. The van der Waals surface area contributed by atoms with E-state index in [1.54, 1.807) is 0 Å². The van der Waals surface area contributed by atoms with Crippen LogP contribution in [0.1, 0.15) is 26.7 Å². The summed E-state index contributed by atoms with van der Waals surface area (Å²) in [4.78, 5) is 4.51. The number of aliphatic hydroxyl groups is 1. The van der Waals surface area contributed by atoms with Gasteiger partial charge in [0.05, 0.1) is 12.1 Å². The highest BCUT2D eigenvalue weighted by molar-refractivity contribution is 7.99. The molecule has 0 spiro atoms. The second kappa shape index (κ2) is 5.48. The van der Waals surface area contributed by atoms with E-state index in [0.717, 1.165) is 36.3 Å². The SMILES string of the molecule is CCNC(=NCC1(O)CCSC1)NC1CC1C. The Labute approximate surface area is 108 Å². The lowest BCUT2D eigenvalue weighted by Crippen LogP contribution is -2.41. The minimum absolute atomic E-state index is 0.510. The van der Waals surface area contributed by atoms with Crippen LogP contribution in [-0.4, -0.2) is 47.3 Å². The van der Waals surface area contributed by atoms with Crippen molar-refractivity contribution in [2.24, 2.45) is 10.9 Å². The summed E-state index contributed by atoms with van der Waals surface area (Å²) in [6.45, 7) is 5.67. The Hall–Kier alpha value is -0.420. The molecule has 2 rings (SSSR count). The minimum Gasteiger partial charge on any atom is -0.387 e. The largest absolute Gasteiger partial charge is 0.387 e. The van der Waals surface area contributed by atoms with E-state index in [0.29, 0.717) is 12.6 Å². The number of hydrogen-bond acceptors (Lipinski definition) is 3. The van der Waals surface area contributed by atoms with Crippen molar-refractivity contribution in [1.29, 1.82) is 0 Å². The molecule has 3 N–H and O–H groups in total. The Kier molecular flexibility index (Phi) is 4.20. The summed E-state index contributed by atoms with van der Waals surface area (Å²) in [5.41, 5.74) is -0.581. The first kappa shape index (κ1) is 13.0. The lowest BCUT2D eigenvalue weighted by molar-refractivity contribution is 0.0778. The molecule has 2 aliphatic rings. The topological polar surface area (TPSA) is 56.7 Å². The zero-order valence-electron chi connectivity index (χ0n) is 10.7. The van der Waals surface area contributed by atoms with Crippen molar-refractivity contribution in [2.75, 3.05) is 24.6 Å². The van der Waals surface area contributed by atoms with Gasteiger partial charge in [-0.3, -0.25) is 4.99 Å². The molecule has 4 nitrogen and oxygen atoms in total. The van der Waals surface area contributed by atoms with Gasteiger partial charge in [0.25, 0.3) is 0 Å². The van der Waals surface area contributed by atoms with Crippen molar-refractivity contribution in [3.8, 4) is 0 Å². The molecule has 1 saturated carbocycles. The number of hydrogen-bond donors (Lipinski definition) is 3. The Morgan fingerprint density at radius 1 is 1.59 bits per heavy atom. The predicted molar refractivity (Wildman–Crippen MR) is 73.6 cm³/mol. The number of nitrogens with zero attached hydrogens (tertiary/aromatic N) is 1. The summed E-state index contributed by atoms with van der Waals surface area (Å²) in [6.07, 6.45) is 2.09. The Morgan fingerprint density at radius 3 is 2.88 bits per heavy atom. The van der Waals surface area contributed by atoms with Gasteiger partial charge in [-0.25, -0.2) is 0 Å². The van der Waals surface area contributed by atoms with E-state index in [1.165, 1.54) is 6.42 Å². The van der Waals surface area contributed by atoms with Crippen molar-refractivity contribution in [2.45, 2.75) is 38.3 Å². The third-order valence-corrected chi connectivity index (χ3v) is 4.62. The number of aliphatic imine (C=N–C) groups is 1. The van der Waals surface area contributed by atoms with Crippen LogP contribution in [0.25, 0.3) is 0 Å². The third kappa shape index (κ3) is 3.78. The number of nitrogens with one attached hydrogen (secondary N) is 2. The van der Waals surface area contributed by atoms with Crippen LogP contribution in [0.4, 0.5) is 0 Å². The van der Waals surface area contributed by atoms with Gasteiger partial charge in [-0.15, -0.1) is 0 Å². The van der Waals surface area contributed by atoms with Crippen LogP contribution in [-0.2, 0) is 0 Å². The van der Waals surface area contributed by atoms with Gasteiger partial charge >= 0.3 is 0 Å². The molecular formula is C12H23N3OS. The molecule has 0 bridgehead atoms. The summed E-state index contributed by atoms with van der Waals surface area (Å²) >= 11 is 1.81. The molecule has 1 heterocycles. The van der Waals surface area contributed by atoms with E-state index in [2.05, 4.69) is 29.5 Å². The van der Waals surface area contributed by atoms with E-state index < -0.39 is 5.60 Å². The van der Waals surface area contributed by atoms with Crippen LogP contribution in [0.5, 0.6) is 0 Å². The normalized spacial score (nSPS) is 37.0. The molecule has 2 fully saturated rings. The van der Waals surface area contributed by atoms with Crippen LogP contribution >= 0.6 is 11.8 Å². The summed E-state index contributed by atoms with van der Waals surface area (Å²) in [5.74, 6) is 3.47. The zero-order valence-corrected chi connectivity index (χ0v) is 11.5. The van der Waals surface area contributed by atoms with Crippen LogP contribution in [0.2, 0.25) is 0 Å². The molecule has 0 aromatic rings. The smallest absolute Gasteiger partial charge is 0.191 e. The number of rotatable bonds is 4. The molecular weight excluding hydrogens is 234 g/mol.